The highest BCUT2D eigenvalue weighted by atomic mass is 16.3. The Balaban J connectivity index is 3.46. The van der Waals surface area contributed by atoms with Crippen molar-refractivity contribution < 1.29 is 5.11 Å². The van der Waals surface area contributed by atoms with Gasteiger partial charge in [-0.1, -0.05) is 32.9 Å². The number of allylic oxidation sites excluding steroid dienone is 2. The van der Waals surface area contributed by atoms with Gasteiger partial charge >= 0.3 is 0 Å². The van der Waals surface area contributed by atoms with Crippen molar-refractivity contribution in [3.05, 3.63) is 12.2 Å². The standard InChI is InChI=1S/C11H22O/c1-9(2)7-5-6-8-10(3)11(4)12/h5-6,9-12H,7-8H2,1-4H3. The first-order valence-corrected chi connectivity index (χ1v) is 4.87. The van der Waals surface area contributed by atoms with Crippen LogP contribution in [0.25, 0.3) is 0 Å². The van der Waals surface area contributed by atoms with Crippen molar-refractivity contribution in [2.45, 2.75) is 46.6 Å². The van der Waals surface area contributed by atoms with E-state index in [4.69, 9.17) is 0 Å². The third kappa shape index (κ3) is 6.41. The minimum absolute atomic E-state index is 0.186. The van der Waals surface area contributed by atoms with Crippen molar-refractivity contribution in [3.63, 3.8) is 0 Å². The number of hydrogen-bond donors (Lipinski definition) is 1. The van der Waals surface area contributed by atoms with Gasteiger partial charge in [0.05, 0.1) is 6.10 Å². The molecule has 2 atom stereocenters. The molecule has 1 nitrogen and oxygen atoms in total. The molecule has 0 aromatic carbocycles. The molecule has 0 bridgehead atoms. The maximum absolute atomic E-state index is 9.20. The van der Waals surface area contributed by atoms with E-state index in [1.807, 2.05) is 6.92 Å². The molecule has 0 aromatic rings. The van der Waals surface area contributed by atoms with Crippen LogP contribution in [0, 0.1) is 11.8 Å². The highest BCUT2D eigenvalue weighted by Gasteiger charge is 2.05. The SMILES string of the molecule is CC(C)CC=CCC(C)C(C)O. The number of aliphatic hydroxyl groups excluding tert-OH is 1. The van der Waals surface area contributed by atoms with Gasteiger partial charge in [-0.3, -0.25) is 0 Å². The van der Waals surface area contributed by atoms with Crippen LogP contribution in [0.5, 0.6) is 0 Å². The third-order valence-corrected chi connectivity index (χ3v) is 2.11. The first-order chi connectivity index (χ1) is 5.54. The van der Waals surface area contributed by atoms with Crippen LogP contribution in [0.3, 0.4) is 0 Å². The molecule has 0 aliphatic carbocycles. The van der Waals surface area contributed by atoms with E-state index in [2.05, 4.69) is 32.9 Å². The van der Waals surface area contributed by atoms with Crippen LogP contribution in [-0.4, -0.2) is 11.2 Å². The Morgan fingerprint density at radius 1 is 1.00 bits per heavy atom. The second-order valence-electron chi connectivity index (χ2n) is 4.05. The fraction of sp³-hybridized carbons (Fsp3) is 0.818. The summed E-state index contributed by atoms with van der Waals surface area (Å²) >= 11 is 0. The molecule has 0 spiro atoms. The van der Waals surface area contributed by atoms with Gasteiger partial charge in [0.2, 0.25) is 0 Å². The molecule has 0 aliphatic rings. The number of rotatable bonds is 5. The molecule has 0 heterocycles. The highest BCUT2D eigenvalue weighted by molar-refractivity contribution is 4.84. The first kappa shape index (κ1) is 11.7. The molecule has 0 saturated heterocycles. The average molecular weight is 170 g/mol. The minimum atomic E-state index is -0.186. The first-order valence-electron chi connectivity index (χ1n) is 4.87. The van der Waals surface area contributed by atoms with Gasteiger partial charge in [-0.15, -0.1) is 0 Å². The lowest BCUT2D eigenvalue weighted by molar-refractivity contribution is 0.136. The van der Waals surface area contributed by atoms with Gasteiger partial charge in [-0.2, -0.15) is 0 Å². The zero-order valence-electron chi connectivity index (χ0n) is 8.75. The summed E-state index contributed by atoms with van der Waals surface area (Å²) in [7, 11) is 0. The number of hydrogen-bond acceptors (Lipinski definition) is 1. The van der Waals surface area contributed by atoms with Crippen LogP contribution in [0.1, 0.15) is 40.5 Å². The van der Waals surface area contributed by atoms with E-state index in [0.717, 1.165) is 18.8 Å². The van der Waals surface area contributed by atoms with E-state index in [-0.39, 0.29) is 6.10 Å². The molecule has 2 unspecified atom stereocenters. The molecule has 72 valence electrons. The summed E-state index contributed by atoms with van der Waals surface area (Å²) in [5.41, 5.74) is 0. The number of aliphatic hydroxyl groups is 1. The molecule has 0 saturated carbocycles. The fourth-order valence-electron chi connectivity index (χ4n) is 0.876. The molecule has 0 radical (unpaired) electrons. The normalized spacial score (nSPS) is 17.2. The van der Waals surface area contributed by atoms with Gasteiger partial charge < -0.3 is 5.11 Å². The molecule has 0 aromatic heterocycles. The van der Waals surface area contributed by atoms with Crippen LogP contribution in [0.15, 0.2) is 12.2 Å². The zero-order chi connectivity index (χ0) is 9.56. The smallest absolute Gasteiger partial charge is 0.0540 e. The van der Waals surface area contributed by atoms with Gasteiger partial charge in [0.15, 0.2) is 0 Å². The van der Waals surface area contributed by atoms with E-state index in [9.17, 15) is 5.11 Å². The Kier molecular flexibility index (Phi) is 6.09. The Morgan fingerprint density at radius 3 is 1.92 bits per heavy atom. The van der Waals surface area contributed by atoms with Crippen molar-refractivity contribution in [1.29, 1.82) is 0 Å². The van der Waals surface area contributed by atoms with E-state index in [1.54, 1.807) is 0 Å². The van der Waals surface area contributed by atoms with Crippen LogP contribution < -0.4 is 0 Å². The monoisotopic (exact) mass is 170 g/mol. The quantitative estimate of drug-likeness (QED) is 0.629. The van der Waals surface area contributed by atoms with Crippen LogP contribution in [-0.2, 0) is 0 Å². The molecule has 0 fully saturated rings. The molecular formula is C11H22O. The summed E-state index contributed by atoms with van der Waals surface area (Å²) < 4.78 is 0. The minimum Gasteiger partial charge on any atom is -0.393 e. The van der Waals surface area contributed by atoms with Crippen molar-refractivity contribution >= 4 is 0 Å². The molecule has 1 heteroatoms. The van der Waals surface area contributed by atoms with Gasteiger partial charge in [-0.05, 0) is 31.6 Å². The fourth-order valence-corrected chi connectivity index (χ4v) is 0.876. The van der Waals surface area contributed by atoms with Crippen molar-refractivity contribution in [2.75, 3.05) is 0 Å². The molecule has 0 amide bonds. The molecule has 1 N–H and O–H groups in total. The lowest BCUT2D eigenvalue weighted by Crippen LogP contribution is -2.11. The Hall–Kier alpha value is -0.300. The van der Waals surface area contributed by atoms with E-state index >= 15 is 0 Å². The largest absolute Gasteiger partial charge is 0.393 e. The summed E-state index contributed by atoms with van der Waals surface area (Å²) in [6, 6.07) is 0. The van der Waals surface area contributed by atoms with Crippen LogP contribution in [0.4, 0.5) is 0 Å². The molecule has 0 aliphatic heterocycles. The van der Waals surface area contributed by atoms with Crippen molar-refractivity contribution in [3.8, 4) is 0 Å². The summed E-state index contributed by atoms with van der Waals surface area (Å²) in [5.74, 6) is 1.12. The maximum atomic E-state index is 9.20. The molecular weight excluding hydrogens is 148 g/mol. The summed E-state index contributed by atoms with van der Waals surface area (Å²) in [4.78, 5) is 0. The maximum Gasteiger partial charge on any atom is 0.0540 e. The van der Waals surface area contributed by atoms with Gasteiger partial charge in [0.1, 0.15) is 0 Å². The molecule has 12 heavy (non-hydrogen) atoms. The predicted octanol–water partition coefficient (Wildman–Crippen LogP) is 3.00. The lowest BCUT2D eigenvalue weighted by Gasteiger charge is -2.11. The molecule has 0 rings (SSSR count). The topological polar surface area (TPSA) is 20.2 Å². The predicted molar refractivity (Wildman–Crippen MR) is 54.1 cm³/mol. The Bertz CT molecular complexity index is 125. The van der Waals surface area contributed by atoms with E-state index < -0.39 is 0 Å². The highest BCUT2D eigenvalue weighted by Crippen LogP contribution is 2.09. The lowest BCUT2D eigenvalue weighted by atomic mass is 10.0. The Morgan fingerprint density at radius 2 is 1.50 bits per heavy atom. The van der Waals surface area contributed by atoms with E-state index in [0.29, 0.717) is 5.92 Å². The second-order valence-corrected chi connectivity index (χ2v) is 4.05. The van der Waals surface area contributed by atoms with Crippen molar-refractivity contribution in [1.82, 2.24) is 0 Å². The van der Waals surface area contributed by atoms with Gasteiger partial charge in [-0.25, -0.2) is 0 Å². The van der Waals surface area contributed by atoms with Crippen LogP contribution in [0.2, 0.25) is 0 Å². The second kappa shape index (κ2) is 6.24. The third-order valence-electron chi connectivity index (χ3n) is 2.11. The van der Waals surface area contributed by atoms with Crippen LogP contribution >= 0.6 is 0 Å². The zero-order valence-corrected chi connectivity index (χ0v) is 8.75. The van der Waals surface area contributed by atoms with Crippen molar-refractivity contribution in [2.24, 2.45) is 11.8 Å². The van der Waals surface area contributed by atoms with E-state index in [1.165, 1.54) is 0 Å². The summed E-state index contributed by atoms with van der Waals surface area (Å²) in [6.07, 6.45) is 6.34. The average Bonchev–Trinajstić information content (AvgIpc) is 1.97. The van der Waals surface area contributed by atoms with Gasteiger partial charge in [0.25, 0.3) is 0 Å². The summed E-state index contributed by atoms with van der Waals surface area (Å²) in [5, 5.41) is 9.20. The summed E-state index contributed by atoms with van der Waals surface area (Å²) in [6.45, 7) is 8.34. The Labute approximate surface area is 76.5 Å². The van der Waals surface area contributed by atoms with Gasteiger partial charge in [0, 0.05) is 0 Å².